The van der Waals surface area contributed by atoms with Crippen LogP contribution in [0.5, 0.6) is 0 Å². The van der Waals surface area contributed by atoms with Crippen molar-refractivity contribution in [2.45, 2.75) is 5.16 Å². The highest BCUT2D eigenvalue weighted by Gasteiger charge is 2.13. The fraction of sp³-hybridized carbons (Fsp3) is 0.0526. The Labute approximate surface area is 139 Å². The van der Waals surface area contributed by atoms with E-state index < -0.39 is 0 Å². The fourth-order valence-corrected chi connectivity index (χ4v) is 3.06. The standard InChI is InChI=1S/C19H15N3S/c1-23-19-20-17(14-8-4-2-5-9-14)16-12-13-22(18(16)21-19)15-10-6-3-7-11-15/h2-13H,1H3. The van der Waals surface area contributed by atoms with Gasteiger partial charge in [-0.25, -0.2) is 9.97 Å². The van der Waals surface area contributed by atoms with E-state index in [4.69, 9.17) is 9.97 Å². The molecule has 3 nitrogen and oxygen atoms in total. The van der Waals surface area contributed by atoms with Crippen molar-refractivity contribution in [3.63, 3.8) is 0 Å². The zero-order valence-electron chi connectivity index (χ0n) is 12.7. The molecule has 0 atom stereocenters. The van der Waals surface area contributed by atoms with Gasteiger partial charge in [-0.3, -0.25) is 0 Å². The second kappa shape index (κ2) is 5.89. The molecule has 4 heteroatoms. The second-order valence-electron chi connectivity index (χ2n) is 5.18. The fourth-order valence-electron chi connectivity index (χ4n) is 2.70. The summed E-state index contributed by atoms with van der Waals surface area (Å²) in [7, 11) is 0. The molecule has 112 valence electrons. The number of hydrogen-bond acceptors (Lipinski definition) is 3. The van der Waals surface area contributed by atoms with E-state index in [1.807, 2.05) is 42.7 Å². The van der Waals surface area contributed by atoms with Crippen molar-refractivity contribution in [2.75, 3.05) is 6.26 Å². The molecule has 0 aliphatic heterocycles. The minimum Gasteiger partial charge on any atom is -0.301 e. The van der Waals surface area contributed by atoms with E-state index >= 15 is 0 Å². The molecule has 4 rings (SSSR count). The maximum absolute atomic E-state index is 4.74. The lowest BCUT2D eigenvalue weighted by molar-refractivity contribution is 0.974. The van der Waals surface area contributed by atoms with Crippen molar-refractivity contribution in [3.05, 3.63) is 72.9 Å². The minimum absolute atomic E-state index is 0.784. The summed E-state index contributed by atoms with van der Waals surface area (Å²) in [4.78, 5) is 9.47. The number of thioether (sulfide) groups is 1. The predicted molar refractivity (Wildman–Crippen MR) is 96.1 cm³/mol. The van der Waals surface area contributed by atoms with Gasteiger partial charge in [-0.15, -0.1) is 0 Å². The molecule has 0 bridgehead atoms. The predicted octanol–water partition coefficient (Wildman–Crippen LogP) is 4.81. The minimum atomic E-state index is 0.784. The van der Waals surface area contributed by atoms with Gasteiger partial charge in [0.05, 0.1) is 5.69 Å². The van der Waals surface area contributed by atoms with E-state index in [0.29, 0.717) is 0 Å². The molecule has 0 radical (unpaired) electrons. The first-order valence-electron chi connectivity index (χ1n) is 7.41. The molecule has 23 heavy (non-hydrogen) atoms. The van der Waals surface area contributed by atoms with Gasteiger partial charge in [-0.1, -0.05) is 60.3 Å². The Morgan fingerprint density at radius 1 is 0.826 bits per heavy atom. The van der Waals surface area contributed by atoms with E-state index in [1.54, 1.807) is 11.8 Å². The average molecular weight is 317 g/mol. The van der Waals surface area contributed by atoms with E-state index in [2.05, 4.69) is 41.1 Å². The number of aromatic nitrogens is 3. The molecule has 4 aromatic rings. The Morgan fingerprint density at radius 3 is 2.22 bits per heavy atom. The Bertz CT molecular complexity index is 946. The van der Waals surface area contributed by atoms with Gasteiger partial charge in [0, 0.05) is 22.8 Å². The summed E-state index contributed by atoms with van der Waals surface area (Å²) in [6.45, 7) is 0. The van der Waals surface area contributed by atoms with Gasteiger partial charge < -0.3 is 4.57 Å². The molecule has 0 unspecified atom stereocenters. The van der Waals surface area contributed by atoms with Gasteiger partial charge in [0.25, 0.3) is 0 Å². The molecule has 0 saturated carbocycles. The third-order valence-corrected chi connectivity index (χ3v) is 4.34. The summed E-state index contributed by atoms with van der Waals surface area (Å²) >= 11 is 1.56. The molecule has 2 heterocycles. The summed E-state index contributed by atoms with van der Waals surface area (Å²) in [5.41, 5.74) is 4.14. The van der Waals surface area contributed by atoms with Crippen LogP contribution in [0.1, 0.15) is 0 Å². The first-order valence-corrected chi connectivity index (χ1v) is 8.63. The number of hydrogen-bond donors (Lipinski definition) is 0. The summed E-state index contributed by atoms with van der Waals surface area (Å²) in [5, 5.41) is 1.85. The lowest BCUT2D eigenvalue weighted by Gasteiger charge is -2.08. The number of rotatable bonds is 3. The van der Waals surface area contributed by atoms with E-state index in [-0.39, 0.29) is 0 Å². The molecule has 0 spiro atoms. The van der Waals surface area contributed by atoms with Crippen LogP contribution in [-0.4, -0.2) is 20.8 Å². The highest BCUT2D eigenvalue weighted by Crippen LogP contribution is 2.30. The molecule has 0 N–H and O–H groups in total. The quantitative estimate of drug-likeness (QED) is 0.401. The summed E-state index contributed by atoms with van der Waals surface area (Å²) in [5.74, 6) is 0. The van der Waals surface area contributed by atoms with Crippen LogP contribution in [-0.2, 0) is 0 Å². The third kappa shape index (κ3) is 2.51. The van der Waals surface area contributed by atoms with E-state index in [1.165, 1.54) is 0 Å². The normalized spacial score (nSPS) is 11.0. The van der Waals surface area contributed by atoms with Crippen molar-refractivity contribution in [2.24, 2.45) is 0 Å². The largest absolute Gasteiger partial charge is 0.301 e. The first-order chi connectivity index (χ1) is 11.4. The van der Waals surface area contributed by atoms with Gasteiger partial charge in [0.1, 0.15) is 5.65 Å². The molecule has 0 amide bonds. The maximum atomic E-state index is 4.74. The number of fused-ring (bicyclic) bond motifs is 1. The van der Waals surface area contributed by atoms with Crippen LogP contribution in [0, 0.1) is 0 Å². The van der Waals surface area contributed by atoms with Gasteiger partial charge in [-0.05, 0) is 24.5 Å². The number of nitrogens with zero attached hydrogens (tertiary/aromatic N) is 3. The van der Waals surface area contributed by atoms with Gasteiger partial charge >= 0.3 is 0 Å². The van der Waals surface area contributed by atoms with Crippen molar-refractivity contribution < 1.29 is 0 Å². The van der Waals surface area contributed by atoms with Crippen LogP contribution < -0.4 is 0 Å². The lowest BCUT2D eigenvalue weighted by Crippen LogP contribution is -1.97. The number of para-hydroxylation sites is 1. The Balaban J connectivity index is 2.00. The Hall–Kier alpha value is -2.59. The van der Waals surface area contributed by atoms with Crippen LogP contribution >= 0.6 is 11.8 Å². The van der Waals surface area contributed by atoms with Gasteiger partial charge in [0.15, 0.2) is 5.16 Å². The van der Waals surface area contributed by atoms with Crippen LogP contribution in [0.15, 0.2) is 78.1 Å². The Morgan fingerprint density at radius 2 is 1.52 bits per heavy atom. The highest BCUT2D eigenvalue weighted by molar-refractivity contribution is 7.98. The summed E-state index contributed by atoms with van der Waals surface area (Å²) in [6, 6.07) is 22.6. The van der Waals surface area contributed by atoms with Crippen LogP contribution in [0.2, 0.25) is 0 Å². The maximum Gasteiger partial charge on any atom is 0.189 e. The van der Waals surface area contributed by atoms with Gasteiger partial charge in [-0.2, -0.15) is 0 Å². The monoisotopic (exact) mass is 317 g/mol. The van der Waals surface area contributed by atoms with Crippen LogP contribution in [0.4, 0.5) is 0 Å². The van der Waals surface area contributed by atoms with Crippen molar-refractivity contribution >= 4 is 22.8 Å². The third-order valence-electron chi connectivity index (χ3n) is 3.79. The SMILES string of the molecule is CSc1nc(-c2ccccc2)c2ccn(-c3ccccc3)c2n1. The lowest BCUT2D eigenvalue weighted by atomic mass is 10.1. The first kappa shape index (κ1) is 14.0. The van der Waals surface area contributed by atoms with Crippen molar-refractivity contribution in [1.29, 1.82) is 0 Å². The zero-order valence-corrected chi connectivity index (χ0v) is 13.5. The Kier molecular flexibility index (Phi) is 3.60. The zero-order chi connectivity index (χ0) is 15.6. The topological polar surface area (TPSA) is 30.7 Å². The molecule has 0 saturated heterocycles. The molecule has 2 aromatic heterocycles. The van der Waals surface area contributed by atoms with Crippen LogP contribution in [0.25, 0.3) is 28.0 Å². The second-order valence-corrected chi connectivity index (χ2v) is 5.96. The molecule has 0 aliphatic carbocycles. The molecule has 2 aromatic carbocycles. The van der Waals surface area contributed by atoms with Crippen LogP contribution in [0.3, 0.4) is 0 Å². The van der Waals surface area contributed by atoms with Gasteiger partial charge in [0.2, 0.25) is 0 Å². The van der Waals surface area contributed by atoms with Crippen molar-refractivity contribution in [1.82, 2.24) is 14.5 Å². The average Bonchev–Trinajstić information content (AvgIpc) is 3.06. The van der Waals surface area contributed by atoms with E-state index in [9.17, 15) is 0 Å². The van der Waals surface area contributed by atoms with E-state index in [0.717, 1.165) is 33.1 Å². The molecule has 0 aliphatic rings. The highest BCUT2D eigenvalue weighted by atomic mass is 32.2. The smallest absolute Gasteiger partial charge is 0.189 e. The molecular weight excluding hydrogens is 302 g/mol. The summed E-state index contributed by atoms with van der Waals surface area (Å²) in [6.07, 6.45) is 4.07. The summed E-state index contributed by atoms with van der Waals surface area (Å²) < 4.78 is 2.11. The molecular formula is C19H15N3S. The molecule has 0 fully saturated rings. The van der Waals surface area contributed by atoms with Crippen molar-refractivity contribution in [3.8, 4) is 16.9 Å². The number of benzene rings is 2.